The second-order valence-electron chi connectivity index (χ2n) is 8.41. The summed E-state index contributed by atoms with van der Waals surface area (Å²) in [6, 6.07) is 11.5. The van der Waals surface area contributed by atoms with Crippen LogP contribution in [0.1, 0.15) is 36.2 Å². The third-order valence-electron chi connectivity index (χ3n) is 5.27. The van der Waals surface area contributed by atoms with E-state index in [2.05, 4.69) is 10.6 Å². The topological polar surface area (TPSA) is 114 Å². The van der Waals surface area contributed by atoms with Gasteiger partial charge >= 0.3 is 0 Å². The molecule has 2 aromatic carbocycles. The molecular formula is C24H31N3O6S. The summed E-state index contributed by atoms with van der Waals surface area (Å²) in [5.41, 5.74) is 1.65. The zero-order valence-corrected chi connectivity index (χ0v) is 20.5. The number of hydrogen-bond acceptors (Lipinski definition) is 6. The van der Waals surface area contributed by atoms with Gasteiger partial charge in [-0.1, -0.05) is 26.0 Å². The lowest BCUT2D eigenvalue weighted by molar-refractivity contribution is -0.116. The molecule has 2 N–H and O–H groups in total. The fourth-order valence-corrected chi connectivity index (χ4v) is 5.16. The highest BCUT2D eigenvalue weighted by atomic mass is 32.2. The van der Waals surface area contributed by atoms with Crippen LogP contribution in [0.3, 0.4) is 0 Å². The molecule has 1 fully saturated rings. The molecule has 0 radical (unpaired) electrons. The van der Waals surface area contributed by atoms with Crippen LogP contribution in [0.4, 0.5) is 5.69 Å². The molecule has 1 heterocycles. The number of nitrogens with one attached hydrogen (secondary N) is 2. The van der Waals surface area contributed by atoms with Gasteiger partial charge in [0.25, 0.3) is 5.91 Å². The first-order chi connectivity index (χ1) is 16.2. The van der Waals surface area contributed by atoms with Crippen LogP contribution in [-0.2, 0) is 26.1 Å². The molecule has 2 aromatic rings. The fraction of sp³-hybridized carbons (Fsp3) is 0.417. The Morgan fingerprint density at radius 3 is 2.53 bits per heavy atom. The quantitative estimate of drug-likeness (QED) is 0.560. The maximum Gasteiger partial charge on any atom is 0.251 e. The molecular weight excluding hydrogens is 458 g/mol. The predicted molar refractivity (Wildman–Crippen MR) is 128 cm³/mol. The molecule has 0 atom stereocenters. The van der Waals surface area contributed by atoms with Crippen LogP contribution in [0.2, 0.25) is 0 Å². The molecule has 9 nitrogen and oxygen atoms in total. The van der Waals surface area contributed by atoms with Gasteiger partial charge in [-0.05, 0) is 41.8 Å². The van der Waals surface area contributed by atoms with Gasteiger partial charge < -0.3 is 20.1 Å². The number of sulfonamides is 1. The van der Waals surface area contributed by atoms with Crippen molar-refractivity contribution in [1.82, 2.24) is 9.62 Å². The second-order valence-corrected chi connectivity index (χ2v) is 10.3. The lowest BCUT2D eigenvalue weighted by Gasteiger charge is -2.26. The van der Waals surface area contributed by atoms with Gasteiger partial charge in [0, 0.05) is 37.3 Å². The molecule has 1 aliphatic heterocycles. The average molecular weight is 490 g/mol. The van der Waals surface area contributed by atoms with Crippen molar-refractivity contribution in [3.8, 4) is 5.75 Å². The molecule has 34 heavy (non-hydrogen) atoms. The molecule has 0 spiro atoms. The van der Waals surface area contributed by atoms with Crippen LogP contribution in [0, 0.1) is 5.92 Å². The van der Waals surface area contributed by atoms with Crippen LogP contribution < -0.4 is 15.4 Å². The molecule has 2 amide bonds. The summed E-state index contributed by atoms with van der Waals surface area (Å²) in [5.74, 6) is -0.0597. The Morgan fingerprint density at radius 2 is 1.85 bits per heavy atom. The largest absolute Gasteiger partial charge is 0.495 e. The van der Waals surface area contributed by atoms with Gasteiger partial charge in [0.15, 0.2) is 0 Å². The maximum absolute atomic E-state index is 13.1. The van der Waals surface area contributed by atoms with Crippen molar-refractivity contribution in [2.24, 2.45) is 5.92 Å². The molecule has 10 heteroatoms. The summed E-state index contributed by atoms with van der Waals surface area (Å²) in [4.78, 5) is 24.8. The van der Waals surface area contributed by atoms with Crippen molar-refractivity contribution in [3.63, 3.8) is 0 Å². The van der Waals surface area contributed by atoms with Gasteiger partial charge in [0.1, 0.15) is 10.6 Å². The molecule has 1 aliphatic rings. The van der Waals surface area contributed by atoms with Gasteiger partial charge in [-0.15, -0.1) is 0 Å². The Bertz CT molecular complexity index is 1130. The van der Waals surface area contributed by atoms with Gasteiger partial charge in [0.05, 0.1) is 20.3 Å². The summed E-state index contributed by atoms with van der Waals surface area (Å²) in [7, 11) is -2.46. The number of anilines is 1. The maximum atomic E-state index is 13.1. The molecule has 0 saturated carbocycles. The second kappa shape index (κ2) is 11.5. The lowest BCUT2D eigenvalue weighted by atomic mass is 10.1. The van der Waals surface area contributed by atoms with Crippen LogP contribution in [0.5, 0.6) is 5.75 Å². The van der Waals surface area contributed by atoms with Crippen molar-refractivity contribution in [3.05, 3.63) is 53.6 Å². The van der Waals surface area contributed by atoms with E-state index in [1.54, 1.807) is 18.2 Å². The third kappa shape index (κ3) is 6.55. The molecule has 0 unspecified atom stereocenters. The predicted octanol–water partition coefficient (Wildman–Crippen LogP) is 2.63. The number of hydrogen-bond donors (Lipinski definition) is 2. The first-order valence-corrected chi connectivity index (χ1v) is 12.6. The van der Waals surface area contributed by atoms with E-state index in [1.807, 2.05) is 19.9 Å². The highest BCUT2D eigenvalue weighted by Gasteiger charge is 2.30. The summed E-state index contributed by atoms with van der Waals surface area (Å²) in [6.07, 6.45) is 0.425. The summed E-state index contributed by atoms with van der Waals surface area (Å²) in [5, 5.41) is 5.66. The number of carbonyl (C=O) groups is 2. The normalized spacial score (nSPS) is 14.6. The third-order valence-corrected chi connectivity index (χ3v) is 7.19. The monoisotopic (exact) mass is 489 g/mol. The Labute approximate surface area is 200 Å². The standard InChI is InChI=1S/C24H31N3O6S/c1-17(2)13-23(28)26-20-6-4-5-18(14-20)16-25-24(29)19-7-8-21(32-3)22(15-19)34(30,31)27-9-11-33-12-10-27/h4-8,14-15,17H,9-13,16H2,1-3H3,(H,25,29)(H,26,28). The van der Waals surface area contributed by atoms with Crippen molar-refractivity contribution in [1.29, 1.82) is 0 Å². The highest BCUT2D eigenvalue weighted by molar-refractivity contribution is 7.89. The van der Waals surface area contributed by atoms with E-state index in [9.17, 15) is 18.0 Å². The summed E-state index contributed by atoms with van der Waals surface area (Å²) in [6.45, 7) is 5.28. The minimum absolute atomic E-state index is 0.0561. The van der Waals surface area contributed by atoms with Crippen LogP contribution in [-0.4, -0.2) is 58.0 Å². The number of methoxy groups -OCH3 is 1. The average Bonchev–Trinajstić information content (AvgIpc) is 2.82. The van der Waals surface area contributed by atoms with E-state index in [4.69, 9.17) is 9.47 Å². The van der Waals surface area contributed by atoms with Gasteiger partial charge in [-0.25, -0.2) is 8.42 Å². The van der Waals surface area contributed by atoms with Crippen molar-refractivity contribution < 1.29 is 27.5 Å². The number of carbonyl (C=O) groups excluding carboxylic acids is 2. The smallest absolute Gasteiger partial charge is 0.251 e. The van der Waals surface area contributed by atoms with Crippen LogP contribution in [0.25, 0.3) is 0 Å². The first kappa shape index (κ1) is 25.7. The number of amides is 2. The first-order valence-electron chi connectivity index (χ1n) is 11.1. The van der Waals surface area contributed by atoms with Gasteiger partial charge in [-0.2, -0.15) is 4.31 Å². The molecule has 0 aromatic heterocycles. The van der Waals surface area contributed by atoms with E-state index in [0.717, 1.165) is 5.56 Å². The van der Waals surface area contributed by atoms with E-state index >= 15 is 0 Å². The van der Waals surface area contributed by atoms with Crippen LogP contribution >= 0.6 is 0 Å². The van der Waals surface area contributed by atoms with E-state index in [1.165, 1.54) is 29.6 Å². The lowest BCUT2D eigenvalue weighted by Crippen LogP contribution is -2.40. The number of benzene rings is 2. The van der Waals surface area contributed by atoms with E-state index < -0.39 is 15.9 Å². The van der Waals surface area contributed by atoms with Crippen molar-refractivity contribution in [2.45, 2.75) is 31.7 Å². The molecule has 3 rings (SSSR count). The number of ether oxygens (including phenoxy) is 2. The van der Waals surface area contributed by atoms with Crippen molar-refractivity contribution in [2.75, 3.05) is 38.7 Å². The van der Waals surface area contributed by atoms with E-state index in [-0.39, 0.29) is 47.7 Å². The fourth-order valence-electron chi connectivity index (χ4n) is 3.57. The molecule has 184 valence electrons. The van der Waals surface area contributed by atoms with Crippen LogP contribution in [0.15, 0.2) is 47.4 Å². The minimum atomic E-state index is -3.85. The summed E-state index contributed by atoms with van der Waals surface area (Å²) < 4.78 is 38.1. The SMILES string of the molecule is COc1ccc(C(=O)NCc2cccc(NC(=O)CC(C)C)c2)cc1S(=O)(=O)N1CCOCC1. The molecule has 0 bridgehead atoms. The number of nitrogens with zero attached hydrogens (tertiary/aromatic N) is 1. The van der Waals surface area contributed by atoms with Gasteiger partial charge in [0.2, 0.25) is 15.9 Å². The zero-order chi connectivity index (χ0) is 24.7. The zero-order valence-electron chi connectivity index (χ0n) is 19.7. The van der Waals surface area contributed by atoms with Gasteiger partial charge in [-0.3, -0.25) is 9.59 Å². The Morgan fingerprint density at radius 1 is 1.12 bits per heavy atom. The Hall–Kier alpha value is -2.95. The number of morpholine rings is 1. The molecule has 0 aliphatic carbocycles. The Balaban J connectivity index is 1.71. The Kier molecular flexibility index (Phi) is 8.65. The highest BCUT2D eigenvalue weighted by Crippen LogP contribution is 2.28. The molecule has 1 saturated heterocycles. The number of rotatable bonds is 9. The summed E-state index contributed by atoms with van der Waals surface area (Å²) >= 11 is 0. The van der Waals surface area contributed by atoms with Crippen molar-refractivity contribution >= 4 is 27.5 Å². The van der Waals surface area contributed by atoms with E-state index in [0.29, 0.717) is 25.3 Å². The minimum Gasteiger partial charge on any atom is -0.495 e.